The Morgan fingerprint density at radius 1 is 0.757 bits per heavy atom. The van der Waals surface area contributed by atoms with Gasteiger partial charge in [-0.05, 0) is 60.5 Å². The maximum Gasteiger partial charge on any atom is 0.416 e. The molecule has 0 aromatic heterocycles. The van der Waals surface area contributed by atoms with Crippen molar-refractivity contribution >= 4 is 35.0 Å². The number of halogens is 3. The minimum Gasteiger partial charge on any atom is -0.325 e. The fraction of sp³-hybridized carbons (Fsp3) is 0.103. The first kappa shape index (κ1) is 26.0. The molecule has 4 nitrogen and oxygen atoms in total. The van der Waals surface area contributed by atoms with Crippen LogP contribution >= 0.6 is 11.8 Å². The van der Waals surface area contributed by atoms with Crippen molar-refractivity contribution in [1.29, 1.82) is 0 Å². The molecule has 0 aliphatic heterocycles. The molecule has 0 fully saturated rings. The second-order valence-corrected chi connectivity index (χ2v) is 9.45. The largest absolute Gasteiger partial charge is 0.416 e. The summed E-state index contributed by atoms with van der Waals surface area (Å²) in [6.07, 6.45) is -4.52. The van der Waals surface area contributed by atoms with Gasteiger partial charge in [0, 0.05) is 21.8 Å². The van der Waals surface area contributed by atoms with E-state index < -0.39 is 22.9 Å². The summed E-state index contributed by atoms with van der Waals surface area (Å²) in [6.45, 7) is 1.86. The van der Waals surface area contributed by atoms with Gasteiger partial charge in [0.25, 0.3) is 5.91 Å². The zero-order chi connectivity index (χ0) is 26.4. The van der Waals surface area contributed by atoms with E-state index in [1.54, 1.807) is 54.6 Å². The molecule has 0 saturated heterocycles. The second kappa shape index (κ2) is 11.3. The number of benzene rings is 4. The summed E-state index contributed by atoms with van der Waals surface area (Å²) in [5.74, 6) is -0.716. The molecular weight excluding hydrogens is 497 g/mol. The predicted octanol–water partition coefficient (Wildman–Crippen LogP) is 7.74. The molecule has 37 heavy (non-hydrogen) atoms. The minimum absolute atomic E-state index is 0.0561. The van der Waals surface area contributed by atoms with Gasteiger partial charge in [0.1, 0.15) is 5.25 Å². The molecule has 0 aliphatic carbocycles. The number of anilines is 2. The van der Waals surface area contributed by atoms with E-state index in [2.05, 4.69) is 10.6 Å². The van der Waals surface area contributed by atoms with Crippen molar-refractivity contribution < 1.29 is 22.8 Å². The molecule has 0 heterocycles. The maximum absolute atomic E-state index is 13.3. The second-order valence-electron chi connectivity index (χ2n) is 8.27. The summed E-state index contributed by atoms with van der Waals surface area (Å²) in [4.78, 5) is 26.7. The Morgan fingerprint density at radius 3 is 2.11 bits per heavy atom. The van der Waals surface area contributed by atoms with E-state index in [-0.39, 0.29) is 11.6 Å². The molecule has 0 radical (unpaired) electrons. The SMILES string of the molecule is Cc1ccccc1C(=O)Nc1cccc(SC(C(=O)Nc2cccc(C(F)(F)F)c2)c2ccccc2)c1. The lowest BCUT2D eigenvalue weighted by atomic mass is 10.1. The average molecular weight is 521 g/mol. The van der Waals surface area contributed by atoms with Gasteiger partial charge in [0.05, 0.1) is 5.56 Å². The number of thioether (sulfide) groups is 1. The summed E-state index contributed by atoms with van der Waals surface area (Å²) < 4.78 is 39.4. The van der Waals surface area contributed by atoms with Crippen LogP contribution in [0.4, 0.5) is 24.5 Å². The fourth-order valence-corrected chi connectivity index (χ4v) is 4.77. The number of aryl methyl sites for hydroxylation is 1. The lowest BCUT2D eigenvalue weighted by Gasteiger charge is -2.18. The van der Waals surface area contributed by atoms with Crippen LogP contribution in [0.3, 0.4) is 0 Å². The van der Waals surface area contributed by atoms with Crippen LogP contribution in [0.25, 0.3) is 0 Å². The van der Waals surface area contributed by atoms with Gasteiger partial charge in [0.2, 0.25) is 5.91 Å². The van der Waals surface area contributed by atoms with Crippen LogP contribution in [0.2, 0.25) is 0 Å². The third kappa shape index (κ3) is 6.80. The summed E-state index contributed by atoms with van der Waals surface area (Å²) in [6, 6.07) is 27.8. The standard InChI is InChI=1S/C29H23F3N2O2S/c1-19-9-5-6-16-25(19)27(35)33-23-14-8-15-24(18-23)37-26(20-10-3-2-4-11-20)28(36)34-22-13-7-12-21(17-22)29(30,31)32/h2-18,26H,1H3,(H,33,35)(H,34,36). The summed E-state index contributed by atoms with van der Waals surface area (Å²) in [5, 5.41) is 4.75. The van der Waals surface area contributed by atoms with Crippen molar-refractivity contribution in [1.82, 2.24) is 0 Å². The number of rotatable bonds is 7. The molecule has 2 N–H and O–H groups in total. The molecule has 2 amide bonds. The molecule has 4 rings (SSSR count). The molecule has 4 aromatic rings. The topological polar surface area (TPSA) is 58.2 Å². The molecule has 1 unspecified atom stereocenters. The molecule has 4 aromatic carbocycles. The highest BCUT2D eigenvalue weighted by molar-refractivity contribution is 8.00. The number of carbonyl (C=O) groups excluding carboxylic acids is 2. The number of alkyl halides is 3. The van der Waals surface area contributed by atoms with Crippen molar-refractivity contribution in [2.24, 2.45) is 0 Å². The Labute approximate surface area is 216 Å². The molecule has 188 valence electrons. The summed E-state index contributed by atoms with van der Waals surface area (Å²) >= 11 is 1.23. The maximum atomic E-state index is 13.3. The van der Waals surface area contributed by atoms with Crippen LogP contribution in [-0.2, 0) is 11.0 Å². The third-order valence-corrected chi connectivity index (χ3v) is 6.78. The van der Waals surface area contributed by atoms with Crippen molar-refractivity contribution in [3.05, 3.63) is 125 Å². The van der Waals surface area contributed by atoms with Gasteiger partial charge >= 0.3 is 6.18 Å². The smallest absolute Gasteiger partial charge is 0.325 e. The van der Waals surface area contributed by atoms with Gasteiger partial charge in [-0.3, -0.25) is 9.59 Å². The molecule has 0 saturated carbocycles. The van der Waals surface area contributed by atoms with Crippen molar-refractivity contribution in [2.45, 2.75) is 23.2 Å². The minimum atomic E-state index is -4.52. The highest BCUT2D eigenvalue weighted by atomic mass is 32.2. The van der Waals surface area contributed by atoms with E-state index in [4.69, 9.17) is 0 Å². The van der Waals surface area contributed by atoms with Crippen LogP contribution in [-0.4, -0.2) is 11.8 Å². The summed E-state index contributed by atoms with van der Waals surface area (Å²) in [7, 11) is 0. The quantitative estimate of drug-likeness (QED) is 0.245. The summed E-state index contributed by atoms with van der Waals surface area (Å²) in [5.41, 5.74) is 1.87. The zero-order valence-electron chi connectivity index (χ0n) is 19.8. The Balaban J connectivity index is 1.56. The molecule has 0 bridgehead atoms. The first-order chi connectivity index (χ1) is 17.7. The molecule has 0 aliphatic rings. The zero-order valence-corrected chi connectivity index (χ0v) is 20.6. The van der Waals surface area contributed by atoms with Crippen molar-refractivity contribution in [2.75, 3.05) is 10.6 Å². The molecule has 1 atom stereocenters. The van der Waals surface area contributed by atoms with Crippen molar-refractivity contribution in [3.8, 4) is 0 Å². The molecule has 8 heteroatoms. The monoisotopic (exact) mass is 520 g/mol. The lowest BCUT2D eigenvalue weighted by molar-refractivity contribution is -0.137. The van der Waals surface area contributed by atoms with E-state index >= 15 is 0 Å². The van der Waals surface area contributed by atoms with Crippen LogP contribution in [0.15, 0.2) is 108 Å². The third-order valence-electron chi connectivity index (χ3n) is 5.53. The average Bonchev–Trinajstić information content (AvgIpc) is 2.88. The van der Waals surface area contributed by atoms with Gasteiger partial charge in [0.15, 0.2) is 0 Å². The Hall–Kier alpha value is -4.04. The van der Waals surface area contributed by atoms with Gasteiger partial charge in [-0.15, -0.1) is 11.8 Å². The Morgan fingerprint density at radius 2 is 1.41 bits per heavy atom. The molecule has 0 spiro atoms. The normalized spacial score (nSPS) is 12.0. The van der Waals surface area contributed by atoms with E-state index in [0.29, 0.717) is 21.7 Å². The number of carbonyl (C=O) groups is 2. The van der Waals surface area contributed by atoms with Gasteiger partial charge in [-0.25, -0.2) is 0 Å². The number of amides is 2. The van der Waals surface area contributed by atoms with Gasteiger partial charge in [-0.2, -0.15) is 13.2 Å². The highest BCUT2D eigenvalue weighted by Crippen LogP contribution is 2.38. The van der Waals surface area contributed by atoms with Crippen LogP contribution in [0, 0.1) is 6.92 Å². The van der Waals surface area contributed by atoms with E-state index in [1.165, 1.54) is 23.9 Å². The Bertz CT molecular complexity index is 1410. The number of hydrogen-bond donors (Lipinski definition) is 2. The highest BCUT2D eigenvalue weighted by Gasteiger charge is 2.31. The van der Waals surface area contributed by atoms with E-state index in [9.17, 15) is 22.8 Å². The Kier molecular flexibility index (Phi) is 7.98. The fourth-order valence-electron chi connectivity index (χ4n) is 3.69. The van der Waals surface area contributed by atoms with E-state index in [1.807, 2.05) is 31.2 Å². The van der Waals surface area contributed by atoms with Gasteiger partial charge in [-0.1, -0.05) is 60.7 Å². The predicted molar refractivity (Wildman–Crippen MR) is 141 cm³/mol. The van der Waals surface area contributed by atoms with Crippen molar-refractivity contribution in [3.63, 3.8) is 0 Å². The molecular formula is C29H23F3N2O2S. The first-order valence-electron chi connectivity index (χ1n) is 11.4. The van der Waals surface area contributed by atoms with Crippen LogP contribution < -0.4 is 10.6 Å². The number of hydrogen-bond acceptors (Lipinski definition) is 3. The van der Waals surface area contributed by atoms with Crippen LogP contribution in [0.5, 0.6) is 0 Å². The van der Waals surface area contributed by atoms with E-state index in [0.717, 1.165) is 17.7 Å². The first-order valence-corrected chi connectivity index (χ1v) is 12.3. The number of nitrogens with one attached hydrogen (secondary N) is 2. The van der Waals surface area contributed by atoms with Crippen LogP contribution in [0.1, 0.15) is 32.3 Å². The lowest BCUT2D eigenvalue weighted by Crippen LogP contribution is -2.19. The van der Waals surface area contributed by atoms with Gasteiger partial charge < -0.3 is 10.6 Å².